The van der Waals surface area contributed by atoms with Gasteiger partial charge in [0, 0.05) is 25.3 Å². The van der Waals surface area contributed by atoms with Crippen molar-refractivity contribution in [2.45, 2.75) is 19.4 Å². The molecule has 1 amide bonds. The van der Waals surface area contributed by atoms with E-state index in [1.54, 1.807) is 31.2 Å². The summed E-state index contributed by atoms with van der Waals surface area (Å²) in [4.78, 5) is 60.5. The number of nitrogens with zero attached hydrogens (tertiary/aromatic N) is 3. The third-order valence-electron chi connectivity index (χ3n) is 5.02. The normalized spacial score (nSPS) is 11.6. The highest BCUT2D eigenvalue weighted by molar-refractivity contribution is 7.80. The molecule has 0 radical (unpaired) electrons. The van der Waals surface area contributed by atoms with Crippen LogP contribution in [0.4, 0.5) is 10.5 Å². The molecule has 0 unspecified atom stereocenters. The fourth-order valence-electron chi connectivity index (χ4n) is 3.58. The summed E-state index contributed by atoms with van der Waals surface area (Å²) in [5.41, 5.74) is 1.33. The fourth-order valence-corrected chi connectivity index (χ4v) is 3.69. The first-order valence-electron chi connectivity index (χ1n) is 10.9. The summed E-state index contributed by atoms with van der Waals surface area (Å²) in [6.07, 6.45) is -1.48. The van der Waals surface area contributed by atoms with Gasteiger partial charge < -0.3 is 30.8 Å². The topological polar surface area (TPSA) is 208 Å². The minimum Gasteiger partial charge on any atom is -0.480 e. The molecule has 0 aliphatic heterocycles. The van der Waals surface area contributed by atoms with E-state index in [0.29, 0.717) is 21.1 Å². The molecule has 1 aromatic carbocycles. The summed E-state index contributed by atoms with van der Waals surface area (Å²) in [5.74, 6) is -5.21. The van der Waals surface area contributed by atoms with Crippen LogP contribution in [0.15, 0.2) is 24.3 Å². The molecule has 0 saturated heterocycles. The third-order valence-corrected chi connectivity index (χ3v) is 5.12. The Hall–Kier alpha value is -3.82. The van der Waals surface area contributed by atoms with Crippen LogP contribution >= 0.6 is 12.2 Å². The van der Waals surface area contributed by atoms with Crippen molar-refractivity contribution in [1.82, 2.24) is 14.7 Å². The Balaban J connectivity index is 3.20. The van der Waals surface area contributed by atoms with Crippen LogP contribution in [-0.4, -0.2) is 127 Å². The molecule has 15 heteroatoms. The van der Waals surface area contributed by atoms with Crippen LogP contribution < -0.4 is 5.32 Å². The molecule has 0 aliphatic carbocycles. The van der Waals surface area contributed by atoms with Crippen LogP contribution in [0.1, 0.15) is 12.5 Å². The average molecular weight is 543 g/mol. The lowest BCUT2D eigenvalue weighted by molar-refractivity contribution is -0.143. The number of amides is 1. The Morgan fingerprint density at radius 2 is 1.24 bits per heavy atom. The number of carboxylic acids is 4. The molecule has 37 heavy (non-hydrogen) atoms. The van der Waals surface area contributed by atoms with Crippen molar-refractivity contribution in [3.05, 3.63) is 29.8 Å². The standard InChI is InChI=1S/C22H30N4O10S/c1-14(37)23-16-4-2-15(3-5-16)8-17(26(22(35)36)13-21(33)34)9-24(10-18(27)28)6-7-25(11-19(29)30)12-20(31)32/h2-5,17H,6-13H2,1H3,(H,23,37)(H,27,28)(H,29,30)(H,31,32)(H,33,34)(H,35,36)/t17-/m0/s1. The molecule has 0 bridgehead atoms. The van der Waals surface area contributed by atoms with Crippen molar-refractivity contribution in [2.24, 2.45) is 0 Å². The van der Waals surface area contributed by atoms with Crippen LogP contribution in [0.2, 0.25) is 0 Å². The van der Waals surface area contributed by atoms with Gasteiger partial charge in [-0.15, -0.1) is 0 Å². The van der Waals surface area contributed by atoms with Gasteiger partial charge in [-0.2, -0.15) is 0 Å². The summed E-state index contributed by atoms with van der Waals surface area (Å²) in [5, 5.41) is 49.3. The van der Waals surface area contributed by atoms with E-state index in [-0.39, 0.29) is 26.1 Å². The number of benzene rings is 1. The summed E-state index contributed by atoms with van der Waals surface area (Å²) in [6, 6.07) is 5.80. The Labute approximate surface area is 217 Å². The molecular weight excluding hydrogens is 512 g/mol. The van der Waals surface area contributed by atoms with E-state index in [1.165, 1.54) is 4.90 Å². The van der Waals surface area contributed by atoms with Gasteiger partial charge in [-0.3, -0.25) is 33.9 Å². The first-order chi connectivity index (χ1) is 17.3. The van der Waals surface area contributed by atoms with Gasteiger partial charge in [0.25, 0.3) is 0 Å². The highest BCUT2D eigenvalue weighted by Crippen LogP contribution is 2.15. The zero-order valence-corrected chi connectivity index (χ0v) is 20.9. The van der Waals surface area contributed by atoms with Gasteiger partial charge in [-0.1, -0.05) is 24.4 Å². The number of carbonyl (C=O) groups is 5. The molecule has 204 valence electrons. The lowest BCUT2D eigenvalue weighted by Gasteiger charge is -2.33. The average Bonchev–Trinajstić information content (AvgIpc) is 2.74. The Bertz CT molecular complexity index is 972. The van der Waals surface area contributed by atoms with E-state index >= 15 is 0 Å². The zero-order valence-electron chi connectivity index (χ0n) is 20.1. The van der Waals surface area contributed by atoms with Crippen LogP contribution in [0, 0.1) is 0 Å². The number of nitrogens with one attached hydrogen (secondary N) is 1. The van der Waals surface area contributed by atoms with Gasteiger partial charge in [0.15, 0.2) is 0 Å². The summed E-state index contributed by atoms with van der Waals surface area (Å²) >= 11 is 4.99. The van der Waals surface area contributed by atoms with Crippen molar-refractivity contribution >= 4 is 52.9 Å². The Kier molecular flexibility index (Phi) is 12.9. The second kappa shape index (κ2) is 15.3. The first kappa shape index (κ1) is 31.2. The highest BCUT2D eigenvalue weighted by atomic mass is 32.1. The molecule has 0 heterocycles. The predicted molar refractivity (Wildman–Crippen MR) is 134 cm³/mol. The van der Waals surface area contributed by atoms with Crippen LogP contribution in [0.3, 0.4) is 0 Å². The summed E-state index contributed by atoms with van der Waals surface area (Å²) in [6.45, 7) is -1.38. The monoisotopic (exact) mass is 542 g/mol. The Morgan fingerprint density at radius 1 is 0.784 bits per heavy atom. The number of aliphatic carboxylic acids is 4. The third kappa shape index (κ3) is 13.2. The summed E-state index contributed by atoms with van der Waals surface area (Å²) in [7, 11) is 0. The lowest BCUT2D eigenvalue weighted by atomic mass is 10.0. The van der Waals surface area contributed by atoms with E-state index in [9.17, 15) is 39.3 Å². The maximum Gasteiger partial charge on any atom is 0.408 e. The lowest BCUT2D eigenvalue weighted by Crippen LogP contribution is -2.51. The summed E-state index contributed by atoms with van der Waals surface area (Å²) < 4.78 is 0. The van der Waals surface area contributed by atoms with E-state index in [1.807, 2.05) is 0 Å². The molecule has 0 aromatic heterocycles. The van der Waals surface area contributed by atoms with Crippen LogP contribution in [0.5, 0.6) is 0 Å². The molecule has 1 aromatic rings. The van der Waals surface area contributed by atoms with E-state index < -0.39 is 62.2 Å². The van der Waals surface area contributed by atoms with E-state index in [2.05, 4.69) is 5.32 Å². The van der Waals surface area contributed by atoms with Crippen molar-refractivity contribution in [3.8, 4) is 0 Å². The Morgan fingerprint density at radius 3 is 1.68 bits per heavy atom. The van der Waals surface area contributed by atoms with Gasteiger partial charge >= 0.3 is 30.0 Å². The van der Waals surface area contributed by atoms with Crippen molar-refractivity contribution in [1.29, 1.82) is 0 Å². The molecule has 0 spiro atoms. The van der Waals surface area contributed by atoms with Gasteiger partial charge in [0.2, 0.25) is 0 Å². The second-order valence-electron chi connectivity index (χ2n) is 8.17. The largest absolute Gasteiger partial charge is 0.480 e. The SMILES string of the molecule is CC(=S)Nc1ccc(C[C@@H](CN(CCN(CC(=O)O)CC(=O)O)CC(=O)O)N(CC(=O)O)C(=O)O)cc1. The second-order valence-corrected chi connectivity index (χ2v) is 8.78. The fraction of sp³-hybridized carbons (Fsp3) is 0.455. The molecule has 0 saturated carbocycles. The maximum atomic E-state index is 11.9. The van der Waals surface area contributed by atoms with Crippen molar-refractivity contribution < 1.29 is 49.5 Å². The first-order valence-corrected chi connectivity index (χ1v) is 11.4. The van der Waals surface area contributed by atoms with Gasteiger partial charge in [0.1, 0.15) is 6.54 Å². The van der Waals surface area contributed by atoms with Crippen LogP contribution in [0.25, 0.3) is 0 Å². The number of hydrogen-bond acceptors (Lipinski definition) is 8. The molecule has 14 nitrogen and oxygen atoms in total. The van der Waals surface area contributed by atoms with E-state index in [4.69, 9.17) is 22.4 Å². The quantitative estimate of drug-likeness (QED) is 0.146. The van der Waals surface area contributed by atoms with Crippen LogP contribution in [-0.2, 0) is 25.6 Å². The number of thiocarbonyl (C=S) groups is 1. The number of hydrogen-bond donors (Lipinski definition) is 6. The smallest absolute Gasteiger partial charge is 0.408 e. The maximum absolute atomic E-state index is 11.9. The molecule has 1 rings (SSSR count). The number of carboxylic acid groups (broad SMARTS) is 5. The van der Waals surface area contributed by atoms with Gasteiger partial charge in [-0.25, -0.2) is 4.79 Å². The number of rotatable bonds is 17. The predicted octanol–water partition coefficient (Wildman–Crippen LogP) is 0.279. The number of anilines is 1. The van der Waals surface area contributed by atoms with Crippen molar-refractivity contribution in [2.75, 3.05) is 51.1 Å². The highest BCUT2D eigenvalue weighted by Gasteiger charge is 2.29. The van der Waals surface area contributed by atoms with Crippen molar-refractivity contribution in [3.63, 3.8) is 0 Å². The van der Waals surface area contributed by atoms with Gasteiger partial charge in [-0.05, 0) is 31.0 Å². The zero-order chi connectivity index (χ0) is 28.1. The van der Waals surface area contributed by atoms with Gasteiger partial charge in [0.05, 0.1) is 30.7 Å². The molecule has 6 N–H and O–H groups in total. The molecule has 0 aliphatic rings. The molecule has 1 atom stereocenters. The van der Waals surface area contributed by atoms with E-state index in [0.717, 1.165) is 4.90 Å². The molecular formula is C22H30N4O10S. The minimum atomic E-state index is -1.52. The minimum absolute atomic E-state index is 0.0422. The molecule has 0 fully saturated rings.